The molecule has 1 aromatic rings. The molecule has 114 valence electrons. The normalized spacial score (nSPS) is 14.3. The van der Waals surface area contributed by atoms with E-state index < -0.39 is 6.10 Å². The van der Waals surface area contributed by atoms with Crippen molar-refractivity contribution < 1.29 is 9.84 Å². The summed E-state index contributed by atoms with van der Waals surface area (Å²) in [5, 5.41) is 13.9. The van der Waals surface area contributed by atoms with Gasteiger partial charge >= 0.3 is 0 Å². The molecular weight excluding hydrogens is 252 g/mol. The fourth-order valence-corrected chi connectivity index (χ4v) is 2.22. The molecule has 0 amide bonds. The Kier molecular flexibility index (Phi) is 6.99. The van der Waals surface area contributed by atoms with Gasteiger partial charge in [0.05, 0.1) is 12.7 Å². The van der Waals surface area contributed by atoms with Crippen LogP contribution in [0.5, 0.6) is 0 Å². The number of benzene rings is 1. The van der Waals surface area contributed by atoms with Crippen LogP contribution in [0.15, 0.2) is 24.3 Å². The zero-order chi connectivity index (χ0) is 15.1. The van der Waals surface area contributed by atoms with Crippen LogP contribution >= 0.6 is 0 Å². The minimum absolute atomic E-state index is 0.0235. The third-order valence-corrected chi connectivity index (χ3v) is 3.50. The lowest BCUT2D eigenvalue weighted by molar-refractivity contribution is 0.0978. The van der Waals surface area contributed by atoms with Gasteiger partial charge in [-0.25, -0.2) is 0 Å². The molecule has 0 aromatic heterocycles. The fraction of sp³-hybridized carbons (Fsp3) is 0.625. The first-order chi connectivity index (χ1) is 9.47. The van der Waals surface area contributed by atoms with E-state index in [9.17, 15) is 5.11 Å². The summed E-state index contributed by atoms with van der Waals surface area (Å²) in [7, 11) is 5.70. The van der Waals surface area contributed by atoms with E-state index in [0.717, 1.165) is 17.8 Å². The first kappa shape index (κ1) is 17.0. The molecule has 0 fully saturated rings. The van der Waals surface area contributed by atoms with E-state index in [-0.39, 0.29) is 6.04 Å². The van der Waals surface area contributed by atoms with Crippen molar-refractivity contribution in [3.05, 3.63) is 29.8 Å². The molecule has 4 nitrogen and oxygen atoms in total. The van der Waals surface area contributed by atoms with Crippen LogP contribution in [-0.2, 0) is 4.74 Å². The van der Waals surface area contributed by atoms with E-state index in [1.807, 2.05) is 43.3 Å². The lowest BCUT2D eigenvalue weighted by Gasteiger charge is -2.28. The molecule has 4 heteroatoms. The Morgan fingerprint density at radius 3 is 2.25 bits per heavy atom. The Morgan fingerprint density at radius 2 is 1.80 bits per heavy atom. The number of aliphatic hydroxyl groups is 1. The summed E-state index contributed by atoms with van der Waals surface area (Å²) >= 11 is 0. The molecule has 0 saturated carbocycles. The molecule has 0 aliphatic rings. The third-order valence-electron chi connectivity index (χ3n) is 3.50. The number of nitrogens with one attached hydrogen (secondary N) is 1. The summed E-state index contributed by atoms with van der Waals surface area (Å²) < 4.78 is 5.05. The molecule has 2 unspecified atom stereocenters. The van der Waals surface area contributed by atoms with Gasteiger partial charge < -0.3 is 20.1 Å². The van der Waals surface area contributed by atoms with Crippen LogP contribution in [-0.4, -0.2) is 45.5 Å². The van der Waals surface area contributed by atoms with Gasteiger partial charge in [-0.1, -0.05) is 26.0 Å². The van der Waals surface area contributed by atoms with Crippen molar-refractivity contribution in [3.63, 3.8) is 0 Å². The highest BCUT2D eigenvalue weighted by molar-refractivity contribution is 5.46. The smallest absolute Gasteiger partial charge is 0.0945 e. The number of hydrogen-bond donors (Lipinski definition) is 2. The topological polar surface area (TPSA) is 44.7 Å². The predicted molar refractivity (Wildman–Crippen MR) is 84.2 cm³/mol. The number of anilines is 1. The van der Waals surface area contributed by atoms with Crippen molar-refractivity contribution in [1.82, 2.24) is 5.32 Å². The van der Waals surface area contributed by atoms with Gasteiger partial charge in [0.15, 0.2) is 0 Å². The standard InChI is InChI=1S/C16H28N2O2/c1-12(2)15(17-10-11-20-5)16(19)13-6-8-14(9-7-13)18(3)4/h6-9,12,15-17,19H,10-11H2,1-5H3. The maximum Gasteiger partial charge on any atom is 0.0945 e. The molecule has 0 aliphatic carbocycles. The maximum absolute atomic E-state index is 10.6. The SMILES string of the molecule is COCCNC(C(C)C)C(O)c1ccc(N(C)C)cc1. The van der Waals surface area contributed by atoms with Gasteiger partial charge in [0.25, 0.3) is 0 Å². The minimum Gasteiger partial charge on any atom is -0.387 e. The van der Waals surface area contributed by atoms with Gasteiger partial charge in [-0.2, -0.15) is 0 Å². The van der Waals surface area contributed by atoms with Gasteiger partial charge in [0.1, 0.15) is 0 Å². The fourth-order valence-electron chi connectivity index (χ4n) is 2.22. The first-order valence-electron chi connectivity index (χ1n) is 7.15. The van der Waals surface area contributed by atoms with E-state index in [0.29, 0.717) is 12.5 Å². The van der Waals surface area contributed by atoms with E-state index in [4.69, 9.17) is 4.74 Å². The van der Waals surface area contributed by atoms with Crippen LogP contribution in [0.3, 0.4) is 0 Å². The summed E-state index contributed by atoms with van der Waals surface area (Å²) in [4.78, 5) is 2.05. The monoisotopic (exact) mass is 280 g/mol. The predicted octanol–water partition coefficient (Wildman–Crippen LogP) is 2.05. The van der Waals surface area contributed by atoms with Gasteiger partial charge in [0, 0.05) is 39.5 Å². The van der Waals surface area contributed by atoms with Crippen LogP contribution in [0.1, 0.15) is 25.5 Å². The van der Waals surface area contributed by atoms with Crippen molar-refractivity contribution in [2.45, 2.75) is 26.0 Å². The first-order valence-corrected chi connectivity index (χ1v) is 7.15. The molecule has 1 rings (SSSR count). The van der Waals surface area contributed by atoms with Crippen molar-refractivity contribution in [1.29, 1.82) is 0 Å². The molecular formula is C16H28N2O2. The van der Waals surface area contributed by atoms with Crippen molar-refractivity contribution in [2.75, 3.05) is 39.3 Å². The van der Waals surface area contributed by atoms with Crippen molar-refractivity contribution in [2.24, 2.45) is 5.92 Å². The van der Waals surface area contributed by atoms with Gasteiger partial charge in [-0.05, 0) is 23.6 Å². The van der Waals surface area contributed by atoms with E-state index >= 15 is 0 Å². The molecule has 0 bridgehead atoms. The van der Waals surface area contributed by atoms with Crippen LogP contribution in [0.2, 0.25) is 0 Å². The van der Waals surface area contributed by atoms with E-state index in [1.54, 1.807) is 7.11 Å². The zero-order valence-electron chi connectivity index (χ0n) is 13.3. The second-order valence-corrected chi connectivity index (χ2v) is 5.65. The van der Waals surface area contributed by atoms with Crippen LogP contribution in [0, 0.1) is 5.92 Å². The largest absolute Gasteiger partial charge is 0.387 e. The molecule has 0 spiro atoms. The molecule has 20 heavy (non-hydrogen) atoms. The van der Waals surface area contributed by atoms with Crippen molar-refractivity contribution in [3.8, 4) is 0 Å². The van der Waals surface area contributed by atoms with Gasteiger partial charge in [-0.3, -0.25) is 0 Å². The quantitative estimate of drug-likeness (QED) is 0.715. The summed E-state index contributed by atoms with van der Waals surface area (Å²) in [6, 6.07) is 8.08. The third kappa shape index (κ3) is 4.78. The van der Waals surface area contributed by atoms with Crippen LogP contribution in [0.4, 0.5) is 5.69 Å². The Morgan fingerprint density at radius 1 is 1.20 bits per heavy atom. The second kappa shape index (κ2) is 8.25. The summed E-state index contributed by atoms with van der Waals surface area (Å²) in [5.74, 6) is 0.343. The van der Waals surface area contributed by atoms with Gasteiger partial charge in [0.2, 0.25) is 0 Å². The average Bonchev–Trinajstić information content (AvgIpc) is 2.42. The van der Waals surface area contributed by atoms with Gasteiger partial charge in [-0.15, -0.1) is 0 Å². The molecule has 2 atom stereocenters. The number of hydrogen-bond acceptors (Lipinski definition) is 4. The molecule has 1 aromatic carbocycles. The summed E-state index contributed by atoms with van der Waals surface area (Å²) in [6.45, 7) is 5.62. The molecule has 2 N–H and O–H groups in total. The Hall–Kier alpha value is -1.10. The highest BCUT2D eigenvalue weighted by Crippen LogP contribution is 2.24. The molecule has 0 radical (unpaired) electrons. The molecule has 0 aliphatic heterocycles. The number of rotatable bonds is 8. The highest BCUT2D eigenvalue weighted by Gasteiger charge is 2.23. The lowest BCUT2D eigenvalue weighted by atomic mass is 9.93. The summed E-state index contributed by atoms with van der Waals surface area (Å²) in [5.41, 5.74) is 2.08. The van der Waals surface area contributed by atoms with Crippen LogP contribution in [0.25, 0.3) is 0 Å². The number of ether oxygens (including phenoxy) is 1. The Labute approximate surface area is 122 Å². The van der Waals surface area contributed by atoms with E-state index in [2.05, 4.69) is 19.2 Å². The number of methoxy groups -OCH3 is 1. The zero-order valence-corrected chi connectivity index (χ0v) is 13.3. The van der Waals surface area contributed by atoms with E-state index in [1.165, 1.54) is 0 Å². The summed E-state index contributed by atoms with van der Waals surface area (Å²) in [6.07, 6.45) is -0.511. The molecule has 0 saturated heterocycles. The highest BCUT2D eigenvalue weighted by atomic mass is 16.5. The Bertz CT molecular complexity index is 377. The average molecular weight is 280 g/mol. The molecule has 0 heterocycles. The second-order valence-electron chi connectivity index (χ2n) is 5.65. The van der Waals surface area contributed by atoms with Crippen LogP contribution < -0.4 is 10.2 Å². The number of nitrogens with zero attached hydrogens (tertiary/aromatic N) is 1. The van der Waals surface area contributed by atoms with Crippen molar-refractivity contribution >= 4 is 5.69 Å². The minimum atomic E-state index is -0.511. The number of aliphatic hydroxyl groups excluding tert-OH is 1. The maximum atomic E-state index is 10.6. The lowest BCUT2D eigenvalue weighted by Crippen LogP contribution is -2.40. The Balaban J connectivity index is 2.75.